The van der Waals surface area contributed by atoms with Crippen molar-refractivity contribution < 1.29 is 4.42 Å². The van der Waals surface area contributed by atoms with Gasteiger partial charge in [0.2, 0.25) is 0 Å². The Morgan fingerprint density at radius 3 is 2.53 bits per heavy atom. The summed E-state index contributed by atoms with van der Waals surface area (Å²) in [5.41, 5.74) is 0.800. The van der Waals surface area contributed by atoms with E-state index in [1.807, 2.05) is 6.92 Å². The molecular weight excluding hydrogens is 347 g/mol. The Morgan fingerprint density at radius 1 is 1.27 bits per heavy atom. The lowest BCUT2D eigenvalue weighted by molar-refractivity contribution is 0.549. The van der Waals surface area contributed by atoms with Crippen LogP contribution in [-0.4, -0.2) is 9.97 Å². The molecule has 0 amide bonds. The lowest BCUT2D eigenvalue weighted by Crippen LogP contribution is -1.90. The molecule has 2 rings (SSSR count). The summed E-state index contributed by atoms with van der Waals surface area (Å²) in [6.45, 7) is 1.85. The zero-order valence-corrected chi connectivity index (χ0v) is 11.5. The highest BCUT2D eigenvalue weighted by atomic mass is 79.9. The number of rotatable bonds is 1. The van der Waals surface area contributed by atoms with E-state index >= 15 is 0 Å². The van der Waals surface area contributed by atoms with Gasteiger partial charge in [0.1, 0.15) is 5.15 Å². The van der Waals surface area contributed by atoms with Gasteiger partial charge in [0.15, 0.2) is 16.3 Å². The molecule has 0 aliphatic heterocycles. The number of aromatic nitrogens is 2. The number of hydrogen-bond acceptors (Lipinski definition) is 3. The Hall–Kier alpha value is -0.390. The molecule has 2 heterocycles. The molecule has 2 aromatic rings. The highest BCUT2D eigenvalue weighted by Crippen LogP contribution is 2.31. The minimum Gasteiger partial charge on any atom is -0.445 e. The fourth-order valence-corrected chi connectivity index (χ4v) is 1.91. The van der Waals surface area contributed by atoms with E-state index in [0.717, 1.165) is 10.2 Å². The molecule has 0 N–H and O–H groups in total. The largest absolute Gasteiger partial charge is 0.445 e. The molecule has 3 nitrogen and oxygen atoms in total. The van der Waals surface area contributed by atoms with Crippen LogP contribution in [0.15, 0.2) is 25.7 Å². The SMILES string of the molecule is Cc1cc(Cl)nc(-c2cc(Br)c(Br)o2)n1. The van der Waals surface area contributed by atoms with Crippen LogP contribution in [0.5, 0.6) is 0 Å². The van der Waals surface area contributed by atoms with Crippen molar-refractivity contribution in [3.05, 3.63) is 32.1 Å². The maximum atomic E-state index is 5.83. The van der Waals surface area contributed by atoms with Crippen LogP contribution in [0.3, 0.4) is 0 Å². The number of hydrogen-bond donors (Lipinski definition) is 0. The van der Waals surface area contributed by atoms with E-state index < -0.39 is 0 Å². The van der Waals surface area contributed by atoms with E-state index in [1.165, 1.54) is 0 Å². The zero-order chi connectivity index (χ0) is 11.0. The predicted molar refractivity (Wildman–Crippen MR) is 64.9 cm³/mol. The van der Waals surface area contributed by atoms with Gasteiger partial charge in [-0.3, -0.25) is 0 Å². The van der Waals surface area contributed by atoms with Crippen molar-refractivity contribution in [1.82, 2.24) is 9.97 Å². The Kier molecular flexibility index (Phi) is 3.13. The van der Waals surface area contributed by atoms with Crippen LogP contribution in [-0.2, 0) is 0 Å². The van der Waals surface area contributed by atoms with E-state index in [2.05, 4.69) is 41.8 Å². The van der Waals surface area contributed by atoms with Crippen molar-refractivity contribution in [3.63, 3.8) is 0 Å². The molecule has 0 aromatic carbocycles. The van der Waals surface area contributed by atoms with Crippen molar-refractivity contribution in [2.75, 3.05) is 0 Å². The molecule has 0 aliphatic carbocycles. The van der Waals surface area contributed by atoms with E-state index in [4.69, 9.17) is 16.0 Å². The number of furan rings is 1. The van der Waals surface area contributed by atoms with Gasteiger partial charge in [0, 0.05) is 11.8 Å². The molecule has 15 heavy (non-hydrogen) atoms. The van der Waals surface area contributed by atoms with Crippen molar-refractivity contribution >= 4 is 43.5 Å². The van der Waals surface area contributed by atoms with Gasteiger partial charge in [-0.25, -0.2) is 9.97 Å². The Balaban J connectivity index is 2.53. The smallest absolute Gasteiger partial charge is 0.197 e. The summed E-state index contributed by atoms with van der Waals surface area (Å²) in [5.74, 6) is 1.05. The van der Waals surface area contributed by atoms with Gasteiger partial charge in [-0.15, -0.1) is 0 Å². The molecule has 0 saturated heterocycles. The standard InChI is InChI=1S/C9H5Br2ClN2O/c1-4-2-7(12)14-9(13-4)6-3-5(10)8(11)15-6/h2-3H,1H3. The van der Waals surface area contributed by atoms with Crippen molar-refractivity contribution in [2.24, 2.45) is 0 Å². The Bertz CT molecular complexity index is 473. The summed E-state index contributed by atoms with van der Waals surface area (Å²) in [6, 6.07) is 3.48. The minimum atomic E-state index is 0.404. The van der Waals surface area contributed by atoms with Crippen LogP contribution in [0.4, 0.5) is 0 Å². The van der Waals surface area contributed by atoms with Crippen LogP contribution in [0.25, 0.3) is 11.6 Å². The molecule has 0 aliphatic rings. The molecule has 0 radical (unpaired) electrons. The van der Waals surface area contributed by atoms with Gasteiger partial charge in [-0.1, -0.05) is 11.6 Å². The van der Waals surface area contributed by atoms with E-state index in [1.54, 1.807) is 12.1 Å². The summed E-state index contributed by atoms with van der Waals surface area (Å²) in [7, 11) is 0. The molecule has 6 heteroatoms. The third-order valence-corrected chi connectivity index (χ3v) is 3.59. The lowest BCUT2D eigenvalue weighted by atomic mass is 10.4. The fraction of sp³-hybridized carbons (Fsp3) is 0.111. The van der Waals surface area contributed by atoms with Crippen molar-refractivity contribution in [2.45, 2.75) is 6.92 Å². The fourth-order valence-electron chi connectivity index (χ4n) is 1.10. The first-order valence-electron chi connectivity index (χ1n) is 4.02. The van der Waals surface area contributed by atoms with Gasteiger partial charge in [-0.2, -0.15) is 0 Å². The van der Waals surface area contributed by atoms with Gasteiger partial charge >= 0.3 is 0 Å². The summed E-state index contributed by atoms with van der Waals surface area (Å²) in [4.78, 5) is 8.31. The monoisotopic (exact) mass is 350 g/mol. The second-order valence-electron chi connectivity index (χ2n) is 2.89. The van der Waals surface area contributed by atoms with Gasteiger partial charge in [-0.05, 0) is 44.8 Å². The second-order valence-corrected chi connectivity index (χ2v) is 4.85. The molecule has 2 aromatic heterocycles. The highest BCUT2D eigenvalue weighted by Gasteiger charge is 2.11. The maximum absolute atomic E-state index is 5.83. The quantitative estimate of drug-likeness (QED) is 0.721. The summed E-state index contributed by atoms with van der Waals surface area (Å²) in [6.07, 6.45) is 0. The van der Waals surface area contributed by atoms with E-state index in [0.29, 0.717) is 21.4 Å². The second kappa shape index (κ2) is 4.23. The van der Waals surface area contributed by atoms with Gasteiger partial charge < -0.3 is 4.42 Å². The predicted octanol–water partition coefficient (Wildman–Crippen LogP) is 4.22. The van der Waals surface area contributed by atoms with Crippen LogP contribution >= 0.6 is 43.5 Å². The Labute approximate surface area is 108 Å². The first kappa shape index (κ1) is 11.1. The van der Waals surface area contributed by atoms with E-state index in [9.17, 15) is 0 Å². The van der Waals surface area contributed by atoms with Gasteiger partial charge in [0.25, 0.3) is 0 Å². The maximum Gasteiger partial charge on any atom is 0.197 e. The summed E-state index contributed by atoms with van der Waals surface area (Å²) in [5, 5.41) is 0.404. The molecule has 0 atom stereocenters. The third kappa shape index (κ3) is 2.41. The number of halogens is 3. The average molecular weight is 352 g/mol. The normalized spacial score (nSPS) is 10.7. The lowest BCUT2D eigenvalue weighted by Gasteiger charge is -1.97. The van der Waals surface area contributed by atoms with Crippen LogP contribution in [0.1, 0.15) is 5.69 Å². The average Bonchev–Trinajstić information content (AvgIpc) is 2.45. The topological polar surface area (TPSA) is 38.9 Å². The summed E-state index contributed by atoms with van der Waals surface area (Å²) >= 11 is 12.4. The molecule has 0 spiro atoms. The van der Waals surface area contributed by atoms with Crippen LogP contribution in [0, 0.1) is 6.92 Å². The van der Waals surface area contributed by atoms with Gasteiger partial charge in [0.05, 0.1) is 4.47 Å². The number of nitrogens with zero attached hydrogens (tertiary/aromatic N) is 2. The molecule has 78 valence electrons. The molecule has 0 saturated carbocycles. The number of aryl methyl sites for hydroxylation is 1. The molecule has 0 fully saturated rings. The van der Waals surface area contributed by atoms with Crippen LogP contribution < -0.4 is 0 Å². The van der Waals surface area contributed by atoms with E-state index in [-0.39, 0.29) is 0 Å². The zero-order valence-electron chi connectivity index (χ0n) is 7.59. The molecule has 0 unspecified atom stereocenters. The third-order valence-electron chi connectivity index (χ3n) is 1.69. The van der Waals surface area contributed by atoms with Crippen molar-refractivity contribution in [3.8, 4) is 11.6 Å². The minimum absolute atomic E-state index is 0.404. The summed E-state index contributed by atoms with van der Waals surface area (Å²) < 4.78 is 6.82. The van der Waals surface area contributed by atoms with Crippen LogP contribution in [0.2, 0.25) is 5.15 Å². The first-order valence-corrected chi connectivity index (χ1v) is 5.99. The highest BCUT2D eigenvalue weighted by molar-refractivity contribution is 9.13. The first-order chi connectivity index (χ1) is 7.06. The Morgan fingerprint density at radius 2 is 2.00 bits per heavy atom. The molecule has 0 bridgehead atoms. The molecular formula is C9H5Br2ClN2O. The van der Waals surface area contributed by atoms with Crippen molar-refractivity contribution in [1.29, 1.82) is 0 Å².